The van der Waals surface area contributed by atoms with Crippen LogP contribution in [0.4, 0.5) is 0 Å². The van der Waals surface area contributed by atoms with Crippen molar-refractivity contribution in [3.63, 3.8) is 0 Å². The zero-order valence-electron chi connectivity index (χ0n) is 14.4. The number of nitrogens with one attached hydrogen (secondary N) is 1. The molecule has 2 aromatic rings. The molecular weight excluding hydrogens is 302 g/mol. The first kappa shape index (κ1) is 16.6. The van der Waals surface area contributed by atoms with Gasteiger partial charge < -0.3 is 14.6 Å². The fourth-order valence-corrected chi connectivity index (χ4v) is 3.30. The van der Waals surface area contributed by atoms with Crippen molar-refractivity contribution in [2.45, 2.75) is 25.9 Å². The van der Waals surface area contributed by atoms with E-state index in [-0.39, 0.29) is 11.9 Å². The third-order valence-corrected chi connectivity index (χ3v) is 4.47. The van der Waals surface area contributed by atoms with Gasteiger partial charge in [-0.05, 0) is 36.2 Å². The lowest BCUT2D eigenvalue weighted by atomic mass is 9.99. The molecule has 1 aliphatic heterocycles. The van der Waals surface area contributed by atoms with Crippen LogP contribution in [0.1, 0.15) is 30.6 Å². The quantitative estimate of drug-likeness (QED) is 0.886. The Labute approximate surface area is 143 Å². The fourth-order valence-electron chi connectivity index (χ4n) is 3.30. The molecule has 1 N–H and O–H groups in total. The van der Waals surface area contributed by atoms with Gasteiger partial charge in [0.15, 0.2) is 0 Å². The molecule has 0 aliphatic carbocycles. The second kappa shape index (κ2) is 7.53. The van der Waals surface area contributed by atoms with Gasteiger partial charge in [-0.3, -0.25) is 9.69 Å². The van der Waals surface area contributed by atoms with Crippen LogP contribution in [0.2, 0.25) is 0 Å². The molecule has 0 saturated carbocycles. The summed E-state index contributed by atoms with van der Waals surface area (Å²) in [6, 6.07) is 12.4. The third-order valence-electron chi connectivity index (χ3n) is 4.47. The monoisotopic (exact) mass is 327 g/mol. The fraction of sp³-hybridized carbons (Fsp3) is 0.421. The Kier molecular flexibility index (Phi) is 5.20. The van der Waals surface area contributed by atoms with Crippen molar-refractivity contribution in [1.29, 1.82) is 0 Å². The summed E-state index contributed by atoms with van der Waals surface area (Å²) in [5.74, 6) is 0.927. The Hall–Kier alpha value is -2.27. The Balaban J connectivity index is 1.89. The number of carbonyl (C=O) groups is 1. The second-order valence-electron chi connectivity index (χ2n) is 6.13. The van der Waals surface area contributed by atoms with Gasteiger partial charge in [0, 0.05) is 31.5 Å². The molecule has 1 unspecified atom stereocenters. The highest BCUT2D eigenvalue weighted by molar-refractivity contribution is 5.78. The van der Waals surface area contributed by atoms with Crippen LogP contribution in [0.5, 0.6) is 5.75 Å². The summed E-state index contributed by atoms with van der Waals surface area (Å²) in [7, 11) is 1.68. The van der Waals surface area contributed by atoms with E-state index in [0.29, 0.717) is 6.54 Å². The minimum atomic E-state index is 0.0660. The van der Waals surface area contributed by atoms with E-state index in [1.807, 2.05) is 12.1 Å². The SMILES string of the molecule is CCCNC(=O)CN1CCn2cccc2C1c1cccc(OC)c1. The minimum absolute atomic E-state index is 0.0660. The largest absolute Gasteiger partial charge is 0.497 e. The number of ether oxygens (including phenoxy) is 1. The number of methoxy groups -OCH3 is 1. The summed E-state index contributed by atoms with van der Waals surface area (Å²) in [4.78, 5) is 14.5. The van der Waals surface area contributed by atoms with Gasteiger partial charge in [-0.25, -0.2) is 0 Å². The van der Waals surface area contributed by atoms with E-state index in [4.69, 9.17) is 4.74 Å². The molecule has 1 atom stereocenters. The van der Waals surface area contributed by atoms with Gasteiger partial charge in [0.1, 0.15) is 5.75 Å². The molecule has 1 amide bonds. The van der Waals surface area contributed by atoms with Crippen molar-refractivity contribution in [3.05, 3.63) is 53.9 Å². The van der Waals surface area contributed by atoms with E-state index >= 15 is 0 Å². The van der Waals surface area contributed by atoms with Crippen LogP contribution in [-0.4, -0.2) is 42.1 Å². The van der Waals surface area contributed by atoms with Crippen LogP contribution >= 0.6 is 0 Å². The molecule has 5 nitrogen and oxygen atoms in total. The van der Waals surface area contributed by atoms with Crippen molar-refractivity contribution < 1.29 is 9.53 Å². The van der Waals surface area contributed by atoms with Gasteiger partial charge in [0.2, 0.25) is 5.91 Å². The molecule has 5 heteroatoms. The molecule has 0 spiro atoms. The van der Waals surface area contributed by atoms with Gasteiger partial charge in [0.05, 0.1) is 19.7 Å². The molecule has 128 valence electrons. The van der Waals surface area contributed by atoms with Crippen LogP contribution in [0.15, 0.2) is 42.6 Å². The molecular formula is C19H25N3O2. The van der Waals surface area contributed by atoms with Crippen molar-refractivity contribution in [2.75, 3.05) is 26.7 Å². The maximum atomic E-state index is 12.2. The highest BCUT2D eigenvalue weighted by Crippen LogP contribution is 2.33. The molecule has 1 aromatic carbocycles. The number of benzene rings is 1. The van der Waals surface area contributed by atoms with E-state index in [2.05, 4.69) is 52.2 Å². The standard InChI is InChI=1S/C19H25N3O2/c1-3-9-20-18(23)14-22-12-11-21-10-5-8-17(21)19(22)15-6-4-7-16(13-15)24-2/h4-8,10,13,19H,3,9,11-12,14H2,1-2H3,(H,20,23). The number of carbonyl (C=O) groups excluding carboxylic acids is 1. The Bertz CT molecular complexity index is 695. The average Bonchev–Trinajstić information content (AvgIpc) is 3.08. The predicted molar refractivity (Wildman–Crippen MR) is 94.1 cm³/mol. The highest BCUT2D eigenvalue weighted by atomic mass is 16.5. The van der Waals surface area contributed by atoms with Crippen LogP contribution in [0.25, 0.3) is 0 Å². The maximum absolute atomic E-state index is 12.2. The zero-order valence-corrected chi connectivity index (χ0v) is 14.4. The van der Waals surface area contributed by atoms with E-state index in [9.17, 15) is 4.79 Å². The van der Waals surface area contributed by atoms with Crippen LogP contribution in [0.3, 0.4) is 0 Å². The topological polar surface area (TPSA) is 46.5 Å². The molecule has 1 aromatic heterocycles. The van der Waals surface area contributed by atoms with Gasteiger partial charge in [0.25, 0.3) is 0 Å². The van der Waals surface area contributed by atoms with Crippen molar-refractivity contribution in [2.24, 2.45) is 0 Å². The Morgan fingerprint density at radius 1 is 1.29 bits per heavy atom. The number of rotatable bonds is 6. The summed E-state index contributed by atoms with van der Waals surface area (Å²) in [6.07, 6.45) is 3.06. The van der Waals surface area contributed by atoms with E-state index in [1.54, 1.807) is 7.11 Å². The summed E-state index contributed by atoms with van der Waals surface area (Å²) in [5, 5.41) is 2.98. The van der Waals surface area contributed by atoms with Crippen LogP contribution < -0.4 is 10.1 Å². The lowest BCUT2D eigenvalue weighted by molar-refractivity contribution is -0.122. The predicted octanol–water partition coefficient (Wildman–Crippen LogP) is 2.43. The van der Waals surface area contributed by atoms with Gasteiger partial charge in [-0.2, -0.15) is 0 Å². The van der Waals surface area contributed by atoms with E-state index in [1.165, 1.54) is 5.69 Å². The number of fused-ring (bicyclic) bond motifs is 1. The number of nitrogens with zero attached hydrogens (tertiary/aromatic N) is 2. The Morgan fingerprint density at radius 3 is 2.96 bits per heavy atom. The summed E-state index contributed by atoms with van der Waals surface area (Å²) >= 11 is 0. The first-order chi connectivity index (χ1) is 11.7. The number of amides is 1. The highest BCUT2D eigenvalue weighted by Gasteiger charge is 2.30. The van der Waals surface area contributed by atoms with Crippen LogP contribution in [0, 0.1) is 0 Å². The summed E-state index contributed by atoms with van der Waals surface area (Å²) in [6.45, 7) is 4.96. The number of aromatic nitrogens is 1. The molecule has 2 heterocycles. The molecule has 0 saturated heterocycles. The number of hydrogen-bond donors (Lipinski definition) is 1. The van der Waals surface area contributed by atoms with Gasteiger partial charge in [-0.15, -0.1) is 0 Å². The summed E-state index contributed by atoms with van der Waals surface area (Å²) in [5.41, 5.74) is 2.37. The first-order valence-corrected chi connectivity index (χ1v) is 8.52. The van der Waals surface area contributed by atoms with Crippen molar-refractivity contribution in [1.82, 2.24) is 14.8 Å². The normalized spacial score (nSPS) is 17.3. The third kappa shape index (κ3) is 3.46. The lowest BCUT2D eigenvalue weighted by Gasteiger charge is -2.37. The average molecular weight is 327 g/mol. The molecule has 0 radical (unpaired) electrons. The zero-order chi connectivity index (χ0) is 16.9. The minimum Gasteiger partial charge on any atom is -0.497 e. The smallest absolute Gasteiger partial charge is 0.234 e. The van der Waals surface area contributed by atoms with Crippen LogP contribution in [-0.2, 0) is 11.3 Å². The van der Waals surface area contributed by atoms with Gasteiger partial charge in [-0.1, -0.05) is 19.1 Å². The molecule has 3 rings (SSSR count). The second-order valence-corrected chi connectivity index (χ2v) is 6.13. The first-order valence-electron chi connectivity index (χ1n) is 8.52. The summed E-state index contributed by atoms with van der Waals surface area (Å²) < 4.78 is 7.65. The van der Waals surface area contributed by atoms with Gasteiger partial charge >= 0.3 is 0 Å². The number of hydrogen-bond acceptors (Lipinski definition) is 3. The van der Waals surface area contributed by atoms with Crippen molar-refractivity contribution >= 4 is 5.91 Å². The van der Waals surface area contributed by atoms with E-state index in [0.717, 1.165) is 37.4 Å². The molecule has 0 bridgehead atoms. The Morgan fingerprint density at radius 2 is 2.17 bits per heavy atom. The molecule has 1 aliphatic rings. The molecule has 0 fully saturated rings. The van der Waals surface area contributed by atoms with Crippen molar-refractivity contribution in [3.8, 4) is 5.75 Å². The van der Waals surface area contributed by atoms with E-state index < -0.39 is 0 Å². The molecule has 24 heavy (non-hydrogen) atoms. The maximum Gasteiger partial charge on any atom is 0.234 e. The lowest BCUT2D eigenvalue weighted by Crippen LogP contribution is -2.44.